The minimum atomic E-state index is -0.306. The maximum absolute atomic E-state index is 12.6. The predicted octanol–water partition coefficient (Wildman–Crippen LogP) is 7.19. The van der Waals surface area contributed by atoms with Crippen LogP contribution in [0.5, 0.6) is 0 Å². The van der Waals surface area contributed by atoms with Gasteiger partial charge in [0, 0.05) is 50.3 Å². The summed E-state index contributed by atoms with van der Waals surface area (Å²) >= 11 is 1.45. The van der Waals surface area contributed by atoms with Crippen LogP contribution in [0.1, 0.15) is 6.92 Å². The van der Waals surface area contributed by atoms with Crippen molar-refractivity contribution in [3.05, 3.63) is 97.1 Å². The number of thioether (sulfide) groups is 1. The van der Waals surface area contributed by atoms with E-state index in [1.807, 2.05) is 72.8 Å². The van der Waals surface area contributed by atoms with E-state index >= 15 is 0 Å². The molecule has 0 radical (unpaired) electrons. The van der Waals surface area contributed by atoms with Crippen molar-refractivity contribution < 1.29 is 9.59 Å². The first-order valence-corrected chi connectivity index (χ1v) is 12.8. The summed E-state index contributed by atoms with van der Waals surface area (Å²) in [4.78, 5) is 25.7. The van der Waals surface area contributed by atoms with Crippen LogP contribution < -0.4 is 16.0 Å². The molecule has 180 valence electrons. The molecule has 1 aromatic heterocycles. The molecule has 0 saturated heterocycles. The highest BCUT2D eigenvalue weighted by molar-refractivity contribution is 8.00. The smallest absolute Gasteiger partial charge is 0.323 e. The van der Waals surface area contributed by atoms with E-state index in [9.17, 15) is 9.59 Å². The van der Waals surface area contributed by atoms with Crippen LogP contribution >= 0.6 is 11.8 Å². The van der Waals surface area contributed by atoms with Crippen LogP contribution in [0.15, 0.2) is 102 Å². The molecular formula is C29H26N4O2S. The molecule has 0 saturated carbocycles. The van der Waals surface area contributed by atoms with Crippen molar-refractivity contribution in [2.45, 2.75) is 18.4 Å². The lowest BCUT2D eigenvalue weighted by molar-refractivity contribution is -0.113. The lowest BCUT2D eigenvalue weighted by Gasteiger charge is -2.09. The van der Waals surface area contributed by atoms with Gasteiger partial charge in [0.15, 0.2) is 0 Å². The van der Waals surface area contributed by atoms with E-state index in [1.165, 1.54) is 22.7 Å². The molecule has 1 heterocycles. The number of benzene rings is 4. The Balaban J connectivity index is 1.17. The summed E-state index contributed by atoms with van der Waals surface area (Å²) in [7, 11) is 0. The Morgan fingerprint density at radius 1 is 0.694 bits per heavy atom. The quantitative estimate of drug-likeness (QED) is 0.210. The number of amides is 3. The van der Waals surface area contributed by atoms with E-state index in [4.69, 9.17) is 0 Å². The Hall–Kier alpha value is -4.23. The van der Waals surface area contributed by atoms with Crippen molar-refractivity contribution in [1.82, 2.24) is 4.57 Å². The van der Waals surface area contributed by atoms with Crippen molar-refractivity contribution in [3.63, 3.8) is 0 Å². The largest absolute Gasteiger partial charge is 0.341 e. The molecule has 0 unspecified atom stereocenters. The molecule has 36 heavy (non-hydrogen) atoms. The van der Waals surface area contributed by atoms with Gasteiger partial charge < -0.3 is 20.5 Å². The molecule has 4 aromatic carbocycles. The summed E-state index contributed by atoms with van der Waals surface area (Å²) < 4.78 is 2.29. The van der Waals surface area contributed by atoms with Gasteiger partial charge in [-0.25, -0.2) is 4.79 Å². The molecule has 5 rings (SSSR count). The molecule has 6 nitrogen and oxygen atoms in total. The number of urea groups is 1. The molecule has 0 spiro atoms. The van der Waals surface area contributed by atoms with E-state index in [-0.39, 0.29) is 17.7 Å². The van der Waals surface area contributed by atoms with Gasteiger partial charge in [0.05, 0.1) is 5.75 Å². The monoisotopic (exact) mass is 494 g/mol. The fourth-order valence-corrected chi connectivity index (χ4v) is 4.97. The summed E-state index contributed by atoms with van der Waals surface area (Å²) in [5.74, 6) is 0.221. The molecule has 3 amide bonds. The number of aryl methyl sites for hydroxylation is 1. The molecule has 0 aliphatic heterocycles. The molecule has 5 aromatic rings. The number of hydrogen-bond acceptors (Lipinski definition) is 3. The van der Waals surface area contributed by atoms with Crippen LogP contribution in [0.4, 0.5) is 21.9 Å². The third kappa shape index (κ3) is 5.21. The fraction of sp³-hybridized carbons (Fsp3) is 0.103. The topological polar surface area (TPSA) is 75.2 Å². The molecular weight excluding hydrogens is 468 g/mol. The van der Waals surface area contributed by atoms with Gasteiger partial charge >= 0.3 is 6.03 Å². The van der Waals surface area contributed by atoms with Crippen molar-refractivity contribution >= 4 is 62.6 Å². The lowest BCUT2D eigenvalue weighted by atomic mass is 10.1. The molecule has 0 atom stereocenters. The molecule has 0 aliphatic carbocycles. The second-order valence-electron chi connectivity index (χ2n) is 8.30. The lowest BCUT2D eigenvalue weighted by Crippen LogP contribution is -2.19. The van der Waals surface area contributed by atoms with Gasteiger partial charge in [0.1, 0.15) is 0 Å². The number of rotatable bonds is 7. The fourth-order valence-electron chi connectivity index (χ4n) is 4.27. The highest BCUT2D eigenvalue weighted by Crippen LogP contribution is 2.31. The number of hydrogen-bond donors (Lipinski definition) is 3. The zero-order valence-electron chi connectivity index (χ0n) is 19.8. The van der Waals surface area contributed by atoms with Crippen LogP contribution in [0.2, 0.25) is 0 Å². The van der Waals surface area contributed by atoms with Gasteiger partial charge in [0.25, 0.3) is 0 Å². The van der Waals surface area contributed by atoms with E-state index in [0.717, 1.165) is 33.7 Å². The average Bonchev–Trinajstić information content (AvgIpc) is 3.22. The molecule has 3 N–H and O–H groups in total. The number of aromatic nitrogens is 1. The highest BCUT2D eigenvalue weighted by atomic mass is 32.2. The van der Waals surface area contributed by atoms with Crippen molar-refractivity contribution in [2.24, 2.45) is 0 Å². The van der Waals surface area contributed by atoms with Crippen LogP contribution in [0.25, 0.3) is 21.8 Å². The number of para-hydroxylation sites is 2. The van der Waals surface area contributed by atoms with Gasteiger partial charge in [-0.2, -0.15) is 0 Å². The van der Waals surface area contributed by atoms with Crippen LogP contribution in [-0.4, -0.2) is 22.3 Å². The Morgan fingerprint density at radius 2 is 1.33 bits per heavy atom. The van der Waals surface area contributed by atoms with Gasteiger partial charge in [-0.15, -0.1) is 11.8 Å². The zero-order valence-corrected chi connectivity index (χ0v) is 20.6. The Kier molecular flexibility index (Phi) is 6.91. The minimum Gasteiger partial charge on any atom is -0.341 e. The van der Waals surface area contributed by atoms with Crippen molar-refractivity contribution in [1.29, 1.82) is 0 Å². The summed E-state index contributed by atoms with van der Waals surface area (Å²) in [5.41, 5.74) is 4.55. The third-order valence-corrected chi connectivity index (χ3v) is 6.90. The van der Waals surface area contributed by atoms with E-state index in [0.29, 0.717) is 5.69 Å². The van der Waals surface area contributed by atoms with Crippen molar-refractivity contribution in [2.75, 3.05) is 21.7 Å². The number of fused-ring (bicyclic) bond motifs is 3. The van der Waals surface area contributed by atoms with Gasteiger partial charge in [-0.1, -0.05) is 36.4 Å². The second kappa shape index (κ2) is 10.6. The van der Waals surface area contributed by atoms with Crippen LogP contribution in [-0.2, 0) is 11.3 Å². The first-order valence-electron chi connectivity index (χ1n) is 11.8. The van der Waals surface area contributed by atoms with Gasteiger partial charge in [-0.3, -0.25) is 4.79 Å². The Morgan fingerprint density at radius 3 is 2.08 bits per heavy atom. The van der Waals surface area contributed by atoms with Crippen molar-refractivity contribution in [3.8, 4) is 0 Å². The number of nitrogens with zero attached hydrogens (tertiary/aromatic N) is 1. The first-order chi connectivity index (χ1) is 17.6. The van der Waals surface area contributed by atoms with E-state index in [1.54, 1.807) is 0 Å². The SMILES string of the molecule is CCn1c2ccccc2c2cc(NC(=O)CSc3ccc(NC(=O)Nc4ccccc4)cc3)ccc21. The number of carbonyl (C=O) groups excluding carboxylic acids is 2. The number of anilines is 3. The molecule has 7 heteroatoms. The van der Waals surface area contributed by atoms with Crippen LogP contribution in [0.3, 0.4) is 0 Å². The van der Waals surface area contributed by atoms with E-state index in [2.05, 4.69) is 51.7 Å². The zero-order chi connectivity index (χ0) is 24.9. The normalized spacial score (nSPS) is 10.9. The first kappa shape index (κ1) is 23.5. The molecule has 0 fully saturated rings. The minimum absolute atomic E-state index is 0.0666. The second-order valence-corrected chi connectivity index (χ2v) is 9.35. The predicted molar refractivity (Wildman–Crippen MR) is 150 cm³/mol. The summed E-state index contributed by atoms with van der Waals surface area (Å²) in [6.45, 7) is 3.03. The standard InChI is InChI=1S/C29H26N4O2S/c1-2-33-26-11-7-6-10-24(26)25-18-22(14-17-27(25)33)30-28(34)19-36-23-15-12-21(13-16-23)32-29(35)31-20-8-4-3-5-9-20/h3-18H,2,19H2,1H3,(H,30,34)(H2,31,32,35). The average molecular weight is 495 g/mol. The summed E-state index contributed by atoms with van der Waals surface area (Å²) in [6, 6.07) is 30.8. The Labute approximate surface area is 213 Å². The van der Waals surface area contributed by atoms with Gasteiger partial charge in [-0.05, 0) is 67.6 Å². The maximum atomic E-state index is 12.6. The third-order valence-electron chi connectivity index (χ3n) is 5.89. The number of carbonyl (C=O) groups is 2. The highest BCUT2D eigenvalue weighted by Gasteiger charge is 2.11. The number of nitrogens with one attached hydrogen (secondary N) is 3. The summed E-state index contributed by atoms with van der Waals surface area (Å²) in [5, 5.41) is 10.9. The van der Waals surface area contributed by atoms with Crippen LogP contribution in [0, 0.1) is 0 Å². The molecule has 0 bridgehead atoms. The Bertz CT molecular complexity index is 1530. The van der Waals surface area contributed by atoms with Gasteiger partial charge in [0.2, 0.25) is 5.91 Å². The summed E-state index contributed by atoms with van der Waals surface area (Å²) in [6.07, 6.45) is 0. The van der Waals surface area contributed by atoms with E-state index < -0.39 is 0 Å². The molecule has 0 aliphatic rings. The maximum Gasteiger partial charge on any atom is 0.323 e.